The van der Waals surface area contributed by atoms with Crippen LogP contribution in [0, 0.1) is 0 Å². The Morgan fingerprint density at radius 3 is 2.62 bits per heavy atom. The molecule has 0 aliphatic rings. The van der Waals surface area contributed by atoms with Gasteiger partial charge in [-0.3, -0.25) is 0 Å². The summed E-state index contributed by atoms with van der Waals surface area (Å²) in [5, 5.41) is 0. The van der Waals surface area contributed by atoms with Gasteiger partial charge in [0.05, 0.1) is 11.0 Å². The molecule has 2 nitrogen and oxygen atoms in total. The van der Waals surface area contributed by atoms with E-state index in [-0.39, 0.29) is 0 Å². The van der Waals surface area contributed by atoms with Crippen molar-refractivity contribution in [3.63, 3.8) is 0 Å². The van der Waals surface area contributed by atoms with Crippen molar-refractivity contribution in [3.8, 4) is 0 Å². The number of benzene rings is 2. The minimum atomic E-state index is 0.869. The second-order valence-corrected chi connectivity index (χ2v) is 5.64. The van der Waals surface area contributed by atoms with Gasteiger partial charge in [-0.25, -0.2) is 4.98 Å². The van der Waals surface area contributed by atoms with Crippen molar-refractivity contribution in [2.45, 2.75) is 39.5 Å². The van der Waals surface area contributed by atoms with Crippen LogP contribution < -0.4 is 0 Å². The second kappa shape index (κ2) is 6.13. The lowest BCUT2D eigenvalue weighted by atomic mass is 10.0. The van der Waals surface area contributed by atoms with Gasteiger partial charge in [0, 0.05) is 6.42 Å². The summed E-state index contributed by atoms with van der Waals surface area (Å²) in [6.07, 6.45) is 4.26. The molecule has 0 spiro atoms. The van der Waals surface area contributed by atoms with Crippen LogP contribution in [0.25, 0.3) is 11.0 Å². The summed E-state index contributed by atoms with van der Waals surface area (Å²) in [5.41, 5.74) is 6.30. The summed E-state index contributed by atoms with van der Waals surface area (Å²) in [4.78, 5) is 8.16. The Balaban J connectivity index is 1.85. The Labute approximate surface area is 126 Å². The molecule has 3 rings (SSSR count). The van der Waals surface area contributed by atoms with E-state index in [4.69, 9.17) is 4.98 Å². The average molecular weight is 278 g/mol. The van der Waals surface area contributed by atoms with Crippen molar-refractivity contribution in [1.82, 2.24) is 9.97 Å². The van der Waals surface area contributed by atoms with Crippen LogP contribution in [0.3, 0.4) is 0 Å². The maximum atomic E-state index is 4.70. The molecule has 1 heterocycles. The van der Waals surface area contributed by atoms with E-state index < -0.39 is 0 Å². The van der Waals surface area contributed by atoms with Gasteiger partial charge in [-0.2, -0.15) is 0 Å². The largest absolute Gasteiger partial charge is 0.342 e. The fourth-order valence-corrected chi connectivity index (χ4v) is 2.79. The van der Waals surface area contributed by atoms with E-state index >= 15 is 0 Å². The molecule has 2 aromatic carbocycles. The maximum absolute atomic E-state index is 4.70. The summed E-state index contributed by atoms with van der Waals surface area (Å²) in [5.74, 6) is 1.05. The molecule has 0 saturated carbocycles. The van der Waals surface area contributed by atoms with Gasteiger partial charge in [0.1, 0.15) is 5.82 Å². The number of nitrogens with zero attached hydrogens (tertiary/aromatic N) is 1. The zero-order valence-electron chi connectivity index (χ0n) is 12.8. The number of aromatic nitrogens is 2. The molecule has 0 aliphatic carbocycles. The van der Waals surface area contributed by atoms with Crippen LogP contribution in [0.4, 0.5) is 0 Å². The molecule has 108 valence electrons. The number of rotatable bonds is 5. The van der Waals surface area contributed by atoms with Crippen molar-refractivity contribution in [1.29, 1.82) is 0 Å². The normalized spacial score (nSPS) is 11.1. The molecule has 0 saturated heterocycles. The predicted molar refractivity (Wildman–Crippen MR) is 88.7 cm³/mol. The fourth-order valence-electron chi connectivity index (χ4n) is 2.79. The van der Waals surface area contributed by atoms with E-state index in [1.54, 1.807) is 0 Å². The third-order valence-corrected chi connectivity index (χ3v) is 3.91. The predicted octanol–water partition coefficient (Wildman–Crippen LogP) is 4.67. The molecule has 0 amide bonds. The first kappa shape index (κ1) is 13.9. The minimum Gasteiger partial charge on any atom is -0.342 e. The third-order valence-electron chi connectivity index (χ3n) is 3.91. The molecule has 21 heavy (non-hydrogen) atoms. The van der Waals surface area contributed by atoms with Crippen LogP contribution in [-0.2, 0) is 19.3 Å². The summed E-state index contributed by atoms with van der Waals surface area (Å²) < 4.78 is 0. The van der Waals surface area contributed by atoms with Crippen LogP contribution in [0.5, 0.6) is 0 Å². The standard InChI is InChI=1S/C19H22N2/c1-3-6-15-7-5-8-16(11-15)13-19-20-17-10-9-14(4-2)12-18(17)21-19/h5,7-12H,3-4,6,13H2,1-2H3,(H,20,21). The Morgan fingerprint density at radius 1 is 0.952 bits per heavy atom. The first-order valence-electron chi connectivity index (χ1n) is 7.84. The number of H-pyrrole nitrogens is 1. The summed E-state index contributed by atoms with van der Waals surface area (Å²) in [6.45, 7) is 4.40. The SMILES string of the molecule is CCCc1cccc(Cc2nc3ccc(CC)cc3[nH]2)c1. The van der Waals surface area contributed by atoms with Gasteiger partial charge in [0.15, 0.2) is 0 Å². The number of aryl methyl sites for hydroxylation is 2. The monoisotopic (exact) mass is 278 g/mol. The molecule has 0 fully saturated rings. The van der Waals surface area contributed by atoms with Gasteiger partial charge in [0.2, 0.25) is 0 Å². The molecule has 1 N–H and O–H groups in total. The second-order valence-electron chi connectivity index (χ2n) is 5.64. The number of fused-ring (bicyclic) bond motifs is 1. The van der Waals surface area contributed by atoms with Crippen LogP contribution in [0.15, 0.2) is 42.5 Å². The van der Waals surface area contributed by atoms with E-state index in [1.165, 1.54) is 23.1 Å². The highest BCUT2D eigenvalue weighted by Gasteiger charge is 2.05. The minimum absolute atomic E-state index is 0.869. The Bertz CT molecular complexity index is 740. The van der Waals surface area contributed by atoms with E-state index in [0.29, 0.717) is 0 Å². The molecular formula is C19H22N2. The smallest absolute Gasteiger partial charge is 0.111 e. The van der Waals surface area contributed by atoms with Crippen molar-refractivity contribution < 1.29 is 0 Å². The Morgan fingerprint density at radius 2 is 1.81 bits per heavy atom. The van der Waals surface area contributed by atoms with Crippen LogP contribution in [0.2, 0.25) is 0 Å². The fraction of sp³-hybridized carbons (Fsp3) is 0.316. The van der Waals surface area contributed by atoms with E-state index in [0.717, 1.165) is 36.1 Å². The van der Waals surface area contributed by atoms with Crippen LogP contribution in [0.1, 0.15) is 42.8 Å². The topological polar surface area (TPSA) is 28.7 Å². The lowest BCUT2D eigenvalue weighted by Crippen LogP contribution is -1.92. The van der Waals surface area contributed by atoms with Gasteiger partial charge < -0.3 is 4.98 Å². The Kier molecular flexibility index (Phi) is 4.05. The van der Waals surface area contributed by atoms with Gasteiger partial charge in [-0.15, -0.1) is 0 Å². The number of aromatic amines is 1. The number of hydrogen-bond donors (Lipinski definition) is 1. The molecule has 3 aromatic rings. The molecule has 0 unspecified atom stereocenters. The molecule has 0 atom stereocenters. The summed E-state index contributed by atoms with van der Waals surface area (Å²) in [6, 6.07) is 15.3. The van der Waals surface area contributed by atoms with E-state index in [1.807, 2.05) is 0 Å². The lowest BCUT2D eigenvalue weighted by Gasteiger charge is -2.02. The zero-order chi connectivity index (χ0) is 14.7. The van der Waals surface area contributed by atoms with Crippen molar-refractivity contribution in [2.24, 2.45) is 0 Å². The van der Waals surface area contributed by atoms with Crippen LogP contribution >= 0.6 is 0 Å². The highest BCUT2D eigenvalue weighted by atomic mass is 14.9. The first-order chi connectivity index (χ1) is 10.3. The quantitative estimate of drug-likeness (QED) is 0.722. The van der Waals surface area contributed by atoms with Crippen molar-refractivity contribution in [2.75, 3.05) is 0 Å². The highest BCUT2D eigenvalue weighted by Crippen LogP contribution is 2.17. The summed E-state index contributed by atoms with van der Waals surface area (Å²) >= 11 is 0. The third kappa shape index (κ3) is 3.15. The highest BCUT2D eigenvalue weighted by molar-refractivity contribution is 5.75. The van der Waals surface area contributed by atoms with Crippen molar-refractivity contribution in [3.05, 3.63) is 65.0 Å². The number of hydrogen-bond acceptors (Lipinski definition) is 1. The zero-order valence-corrected chi connectivity index (χ0v) is 12.8. The van der Waals surface area contributed by atoms with E-state index in [9.17, 15) is 0 Å². The molecule has 1 aromatic heterocycles. The van der Waals surface area contributed by atoms with Gasteiger partial charge >= 0.3 is 0 Å². The van der Waals surface area contributed by atoms with Gasteiger partial charge in [-0.05, 0) is 41.7 Å². The maximum Gasteiger partial charge on any atom is 0.111 e. The lowest BCUT2D eigenvalue weighted by molar-refractivity contribution is 0.916. The number of imidazole rings is 1. The molecular weight excluding hydrogens is 256 g/mol. The first-order valence-corrected chi connectivity index (χ1v) is 7.84. The van der Waals surface area contributed by atoms with E-state index in [2.05, 4.69) is 61.3 Å². The van der Waals surface area contributed by atoms with Gasteiger partial charge in [0.25, 0.3) is 0 Å². The van der Waals surface area contributed by atoms with Crippen LogP contribution in [-0.4, -0.2) is 9.97 Å². The Hall–Kier alpha value is -2.09. The van der Waals surface area contributed by atoms with Crippen molar-refractivity contribution >= 4 is 11.0 Å². The average Bonchev–Trinajstić information content (AvgIpc) is 2.89. The molecule has 0 aliphatic heterocycles. The molecule has 0 radical (unpaired) electrons. The summed E-state index contributed by atoms with van der Waals surface area (Å²) in [7, 11) is 0. The molecule has 2 heteroatoms. The number of nitrogens with one attached hydrogen (secondary N) is 1. The van der Waals surface area contributed by atoms with Gasteiger partial charge in [-0.1, -0.05) is 50.6 Å². The molecule has 0 bridgehead atoms.